The molecule has 1 aromatic rings. The Kier molecular flexibility index (Phi) is 3.75. The number of thiophene rings is 1. The third-order valence-corrected chi connectivity index (χ3v) is 7.29. The van der Waals surface area contributed by atoms with Crippen LogP contribution in [0.25, 0.3) is 0 Å². The van der Waals surface area contributed by atoms with E-state index in [1.165, 1.54) is 11.3 Å². The number of rotatable bonds is 1. The fourth-order valence-electron chi connectivity index (χ4n) is 2.16. The first-order valence-corrected chi connectivity index (χ1v) is 8.83. The minimum atomic E-state index is -3.13. The monoisotopic (exact) mass is 301 g/mol. The van der Waals surface area contributed by atoms with E-state index in [9.17, 15) is 13.2 Å². The maximum Gasteiger partial charge on any atom is 0.254 e. The van der Waals surface area contributed by atoms with Gasteiger partial charge in [0.25, 0.3) is 5.91 Å². The van der Waals surface area contributed by atoms with Crippen LogP contribution in [0.2, 0.25) is 0 Å². The van der Waals surface area contributed by atoms with E-state index in [0.29, 0.717) is 25.1 Å². The number of sulfone groups is 1. The van der Waals surface area contributed by atoms with Crippen molar-refractivity contribution >= 4 is 27.1 Å². The van der Waals surface area contributed by atoms with Crippen LogP contribution in [0.5, 0.6) is 0 Å². The smallest absolute Gasteiger partial charge is 0.254 e. The highest BCUT2D eigenvalue weighted by atomic mass is 32.2. The first kappa shape index (κ1) is 14.5. The Morgan fingerprint density at radius 2 is 2.05 bits per heavy atom. The molecule has 0 unspecified atom stereocenters. The van der Waals surface area contributed by atoms with Crippen LogP contribution in [0, 0.1) is 6.92 Å². The number of nitrogens with zero attached hydrogens (tertiary/aromatic N) is 1. The molecule has 2 rings (SSSR count). The van der Waals surface area contributed by atoms with Crippen molar-refractivity contribution in [1.82, 2.24) is 4.90 Å². The molecule has 1 amide bonds. The molecule has 1 aliphatic heterocycles. The van der Waals surface area contributed by atoms with Crippen molar-refractivity contribution in [2.24, 2.45) is 0 Å². The molecule has 19 heavy (non-hydrogen) atoms. The highest BCUT2D eigenvalue weighted by Crippen LogP contribution is 2.26. The second-order valence-electron chi connectivity index (χ2n) is 5.51. The Hall–Kier alpha value is -0.880. The molecule has 1 fully saturated rings. The van der Waals surface area contributed by atoms with E-state index in [4.69, 9.17) is 0 Å². The molecule has 0 aromatic carbocycles. The average Bonchev–Trinajstić information content (AvgIpc) is 2.69. The summed E-state index contributed by atoms with van der Waals surface area (Å²) in [6.45, 7) is 6.19. The van der Waals surface area contributed by atoms with Crippen LogP contribution >= 0.6 is 11.3 Å². The number of aryl methyl sites for hydroxylation is 1. The molecule has 0 radical (unpaired) electrons. The molecule has 1 saturated heterocycles. The lowest BCUT2D eigenvalue weighted by Gasteiger charge is -2.22. The van der Waals surface area contributed by atoms with E-state index in [0.717, 1.165) is 4.88 Å². The molecule has 0 spiro atoms. The minimum Gasteiger partial charge on any atom is -0.338 e. The standard InChI is InChI=1S/C13H19NO3S2/c1-10-11(4-8-18-10)12(15)14-6-5-13(2,3)19(16,17)9-7-14/h4,8H,5-7,9H2,1-3H3. The molecule has 2 heterocycles. The predicted molar refractivity (Wildman–Crippen MR) is 77.4 cm³/mol. The zero-order chi connectivity index (χ0) is 14.3. The van der Waals surface area contributed by atoms with Crippen LogP contribution in [-0.4, -0.2) is 42.8 Å². The molecule has 1 aromatic heterocycles. The maximum absolute atomic E-state index is 12.4. The number of hydrogen-bond donors (Lipinski definition) is 0. The highest BCUT2D eigenvalue weighted by molar-refractivity contribution is 7.92. The summed E-state index contributed by atoms with van der Waals surface area (Å²) in [7, 11) is -3.13. The SMILES string of the molecule is Cc1sccc1C(=O)N1CCC(C)(C)S(=O)(=O)CC1. The molecule has 0 atom stereocenters. The highest BCUT2D eigenvalue weighted by Gasteiger charge is 2.38. The van der Waals surface area contributed by atoms with Gasteiger partial charge >= 0.3 is 0 Å². The predicted octanol–water partition coefficient (Wildman–Crippen LogP) is 2.10. The second-order valence-corrected chi connectivity index (χ2v) is 9.37. The topological polar surface area (TPSA) is 54.5 Å². The lowest BCUT2D eigenvalue weighted by Crippen LogP contribution is -2.33. The fraction of sp³-hybridized carbons (Fsp3) is 0.615. The molecule has 1 aliphatic rings. The lowest BCUT2D eigenvalue weighted by molar-refractivity contribution is 0.0764. The fourth-order valence-corrected chi connectivity index (χ4v) is 4.26. The first-order valence-electron chi connectivity index (χ1n) is 6.30. The summed E-state index contributed by atoms with van der Waals surface area (Å²) >= 11 is 1.54. The summed E-state index contributed by atoms with van der Waals surface area (Å²) < 4.78 is 23.5. The van der Waals surface area contributed by atoms with Gasteiger partial charge in [0.15, 0.2) is 9.84 Å². The van der Waals surface area contributed by atoms with Gasteiger partial charge in [-0.05, 0) is 38.6 Å². The zero-order valence-electron chi connectivity index (χ0n) is 11.5. The number of hydrogen-bond acceptors (Lipinski definition) is 4. The number of amides is 1. The van der Waals surface area contributed by atoms with Gasteiger partial charge in [0.2, 0.25) is 0 Å². The molecule has 4 nitrogen and oxygen atoms in total. The summed E-state index contributed by atoms with van der Waals surface area (Å²) in [6.07, 6.45) is 0.490. The van der Waals surface area contributed by atoms with Crippen molar-refractivity contribution in [3.05, 3.63) is 21.9 Å². The Bertz CT molecular complexity index is 587. The van der Waals surface area contributed by atoms with Crippen LogP contribution in [0.1, 0.15) is 35.5 Å². The summed E-state index contributed by atoms with van der Waals surface area (Å²) in [6, 6.07) is 1.81. The van der Waals surface area contributed by atoms with Gasteiger partial charge < -0.3 is 4.90 Å². The van der Waals surface area contributed by atoms with Gasteiger partial charge in [0.05, 0.1) is 16.1 Å². The van der Waals surface area contributed by atoms with Gasteiger partial charge in [0.1, 0.15) is 0 Å². The van der Waals surface area contributed by atoms with Gasteiger partial charge in [-0.15, -0.1) is 11.3 Å². The van der Waals surface area contributed by atoms with Crippen molar-refractivity contribution in [3.63, 3.8) is 0 Å². The quantitative estimate of drug-likeness (QED) is 0.798. The van der Waals surface area contributed by atoms with Crippen molar-refractivity contribution in [1.29, 1.82) is 0 Å². The van der Waals surface area contributed by atoms with Crippen molar-refractivity contribution < 1.29 is 13.2 Å². The Labute approximate surface area is 118 Å². The van der Waals surface area contributed by atoms with Gasteiger partial charge in [-0.2, -0.15) is 0 Å². The van der Waals surface area contributed by atoms with Crippen molar-refractivity contribution in [2.75, 3.05) is 18.8 Å². The Morgan fingerprint density at radius 3 is 2.63 bits per heavy atom. The minimum absolute atomic E-state index is 0.0494. The molecular weight excluding hydrogens is 282 g/mol. The largest absolute Gasteiger partial charge is 0.338 e. The van der Waals surface area contributed by atoms with Crippen molar-refractivity contribution in [3.8, 4) is 0 Å². The van der Waals surface area contributed by atoms with Crippen LogP contribution < -0.4 is 0 Å². The van der Waals surface area contributed by atoms with E-state index < -0.39 is 14.6 Å². The Morgan fingerprint density at radius 1 is 1.37 bits per heavy atom. The number of carbonyl (C=O) groups is 1. The molecule has 106 valence electrons. The third kappa shape index (κ3) is 2.69. The molecule has 0 N–H and O–H groups in total. The summed E-state index contributed by atoms with van der Waals surface area (Å²) in [4.78, 5) is 15.0. The van der Waals surface area contributed by atoms with Crippen LogP contribution in [-0.2, 0) is 9.84 Å². The maximum atomic E-state index is 12.4. The molecular formula is C13H19NO3S2. The van der Waals surface area contributed by atoms with Gasteiger partial charge in [-0.3, -0.25) is 4.79 Å². The third-order valence-electron chi connectivity index (χ3n) is 3.83. The first-order chi connectivity index (χ1) is 8.74. The van der Waals surface area contributed by atoms with E-state index in [2.05, 4.69) is 0 Å². The molecule has 0 aliphatic carbocycles. The van der Waals surface area contributed by atoms with Crippen LogP contribution in [0.4, 0.5) is 0 Å². The summed E-state index contributed by atoms with van der Waals surface area (Å²) in [5.41, 5.74) is 0.696. The zero-order valence-corrected chi connectivity index (χ0v) is 13.1. The van der Waals surface area contributed by atoms with E-state index in [1.54, 1.807) is 18.7 Å². The van der Waals surface area contributed by atoms with Crippen LogP contribution in [0.3, 0.4) is 0 Å². The van der Waals surface area contributed by atoms with Gasteiger partial charge in [-0.25, -0.2) is 8.42 Å². The average molecular weight is 301 g/mol. The number of carbonyl (C=O) groups excluding carboxylic acids is 1. The molecule has 0 bridgehead atoms. The lowest BCUT2D eigenvalue weighted by atomic mass is 10.1. The molecule has 6 heteroatoms. The Balaban J connectivity index is 2.21. The van der Waals surface area contributed by atoms with Gasteiger partial charge in [0, 0.05) is 18.0 Å². The van der Waals surface area contributed by atoms with Crippen LogP contribution in [0.15, 0.2) is 11.4 Å². The summed E-state index contributed by atoms with van der Waals surface area (Å²) in [5, 5.41) is 1.89. The van der Waals surface area contributed by atoms with Gasteiger partial charge in [-0.1, -0.05) is 0 Å². The normalized spacial score (nSPS) is 21.9. The van der Waals surface area contributed by atoms with E-state index in [-0.39, 0.29) is 11.7 Å². The van der Waals surface area contributed by atoms with E-state index in [1.807, 2.05) is 18.4 Å². The molecule has 0 saturated carbocycles. The van der Waals surface area contributed by atoms with E-state index >= 15 is 0 Å². The van der Waals surface area contributed by atoms with Crippen molar-refractivity contribution in [2.45, 2.75) is 31.9 Å². The summed E-state index contributed by atoms with van der Waals surface area (Å²) in [5.74, 6) is 0.00112. The second kappa shape index (κ2) is 4.90.